The molecule has 0 aliphatic carbocycles. The minimum absolute atomic E-state index is 0.238. The fraction of sp³-hybridized carbons (Fsp3) is 0.250. The Balaban J connectivity index is 2.62. The molecule has 0 saturated heterocycles. The molecule has 0 fully saturated rings. The first-order valence-corrected chi connectivity index (χ1v) is 3.92. The van der Waals surface area contributed by atoms with E-state index in [2.05, 4.69) is 5.32 Å². The molecule has 1 nitrogen and oxygen atoms in total. The van der Waals surface area contributed by atoms with Crippen LogP contribution in [0.3, 0.4) is 0 Å². The van der Waals surface area contributed by atoms with Crippen LogP contribution >= 0.6 is 11.6 Å². The van der Waals surface area contributed by atoms with E-state index in [-0.39, 0.29) is 5.82 Å². The van der Waals surface area contributed by atoms with Gasteiger partial charge in [0.25, 0.3) is 0 Å². The maximum atomic E-state index is 12.8. The molecule has 0 amide bonds. The molecule has 60 valence electrons. The van der Waals surface area contributed by atoms with Gasteiger partial charge in [-0.1, -0.05) is 12.1 Å². The Bertz CT molecular complexity index is 227. The number of anilines is 1. The second kappa shape index (κ2) is 4.19. The van der Waals surface area contributed by atoms with Gasteiger partial charge in [0.2, 0.25) is 0 Å². The summed E-state index contributed by atoms with van der Waals surface area (Å²) >= 11 is 5.42. The zero-order valence-corrected chi connectivity index (χ0v) is 6.74. The number of halogens is 2. The molecule has 1 rings (SSSR count). The summed E-state index contributed by atoms with van der Waals surface area (Å²) in [5.41, 5.74) is 0.508. The normalized spacial score (nSPS) is 9.64. The molecule has 0 spiro atoms. The van der Waals surface area contributed by atoms with Crippen LogP contribution in [0.2, 0.25) is 0 Å². The Morgan fingerprint density at radius 3 is 2.73 bits per heavy atom. The lowest BCUT2D eigenvalue weighted by atomic mass is 10.3. The standard InChI is InChI=1S/C8H9ClFN/c9-5-6-11-8-4-2-1-3-7(8)10/h1-4,11H,5-6H2. The summed E-state index contributed by atoms with van der Waals surface area (Å²) < 4.78 is 12.8. The summed E-state index contributed by atoms with van der Waals surface area (Å²) in [6.45, 7) is 0.586. The van der Waals surface area contributed by atoms with Gasteiger partial charge in [-0.3, -0.25) is 0 Å². The van der Waals surface area contributed by atoms with Gasteiger partial charge in [0, 0.05) is 12.4 Å². The first kappa shape index (κ1) is 8.34. The van der Waals surface area contributed by atoms with Gasteiger partial charge in [-0.2, -0.15) is 0 Å². The second-order valence-corrected chi connectivity index (χ2v) is 2.47. The SMILES string of the molecule is Fc1ccccc1NCCCl. The van der Waals surface area contributed by atoms with Crippen LogP contribution in [0.25, 0.3) is 0 Å². The number of rotatable bonds is 3. The Kier molecular flexibility index (Phi) is 3.17. The molecule has 1 N–H and O–H groups in total. The fourth-order valence-electron chi connectivity index (χ4n) is 0.786. The van der Waals surface area contributed by atoms with Crippen molar-refractivity contribution < 1.29 is 4.39 Å². The Morgan fingerprint density at radius 1 is 1.36 bits per heavy atom. The summed E-state index contributed by atoms with van der Waals surface area (Å²) in [6, 6.07) is 6.53. The third-order valence-electron chi connectivity index (χ3n) is 1.28. The molecule has 0 heterocycles. The van der Waals surface area contributed by atoms with E-state index in [1.807, 2.05) is 0 Å². The van der Waals surface area contributed by atoms with Crippen LogP contribution in [-0.2, 0) is 0 Å². The van der Waals surface area contributed by atoms with Crippen molar-refractivity contribution in [1.29, 1.82) is 0 Å². The molecule has 0 radical (unpaired) electrons. The summed E-state index contributed by atoms with van der Waals surface area (Å²) in [7, 11) is 0. The van der Waals surface area contributed by atoms with Crippen molar-refractivity contribution in [3.8, 4) is 0 Å². The van der Waals surface area contributed by atoms with Crippen molar-refractivity contribution in [3.05, 3.63) is 30.1 Å². The summed E-state index contributed by atoms with van der Waals surface area (Å²) in [5, 5.41) is 2.86. The molecular formula is C8H9ClFN. The largest absolute Gasteiger partial charge is 0.381 e. The number of para-hydroxylation sites is 1. The molecular weight excluding hydrogens is 165 g/mol. The van der Waals surface area contributed by atoms with E-state index < -0.39 is 0 Å². The van der Waals surface area contributed by atoms with E-state index in [0.29, 0.717) is 18.1 Å². The predicted molar refractivity (Wildman–Crippen MR) is 45.6 cm³/mol. The van der Waals surface area contributed by atoms with E-state index >= 15 is 0 Å². The molecule has 1 aromatic rings. The van der Waals surface area contributed by atoms with Crippen LogP contribution in [0.15, 0.2) is 24.3 Å². The van der Waals surface area contributed by atoms with E-state index in [9.17, 15) is 4.39 Å². The Hall–Kier alpha value is -0.760. The van der Waals surface area contributed by atoms with Crippen LogP contribution in [0.4, 0.5) is 10.1 Å². The van der Waals surface area contributed by atoms with Crippen LogP contribution in [0.1, 0.15) is 0 Å². The number of hydrogen-bond donors (Lipinski definition) is 1. The number of nitrogens with one attached hydrogen (secondary N) is 1. The summed E-state index contributed by atoms with van der Waals surface area (Å²) in [4.78, 5) is 0. The van der Waals surface area contributed by atoms with Crippen LogP contribution in [0.5, 0.6) is 0 Å². The highest BCUT2D eigenvalue weighted by molar-refractivity contribution is 6.18. The van der Waals surface area contributed by atoms with Crippen LogP contribution in [0, 0.1) is 5.82 Å². The van der Waals surface area contributed by atoms with Gasteiger partial charge in [0.1, 0.15) is 5.82 Å². The second-order valence-electron chi connectivity index (χ2n) is 2.10. The van der Waals surface area contributed by atoms with Crippen molar-refractivity contribution in [1.82, 2.24) is 0 Å². The van der Waals surface area contributed by atoms with Crippen LogP contribution < -0.4 is 5.32 Å². The zero-order valence-electron chi connectivity index (χ0n) is 5.98. The lowest BCUT2D eigenvalue weighted by Crippen LogP contribution is -2.03. The highest BCUT2D eigenvalue weighted by atomic mass is 35.5. The molecule has 3 heteroatoms. The van der Waals surface area contributed by atoms with E-state index in [1.165, 1.54) is 6.07 Å². The first-order valence-electron chi connectivity index (χ1n) is 3.39. The van der Waals surface area contributed by atoms with Crippen molar-refractivity contribution in [2.45, 2.75) is 0 Å². The molecule has 0 atom stereocenters. The van der Waals surface area contributed by atoms with Crippen molar-refractivity contribution in [2.24, 2.45) is 0 Å². The number of benzene rings is 1. The molecule has 0 aliphatic rings. The van der Waals surface area contributed by atoms with Gasteiger partial charge in [0.05, 0.1) is 5.69 Å². The van der Waals surface area contributed by atoms with Gasteiger partial charge in [-0.05, 0) is 12.1 Å². The molecule has 1 aromatic carbocycles. The highest BCUT2D eigenvalue weighted by Crippen LogP contribution is 2.11. The predicted octanol–water partition coefficient (Wildman–Crippen LogP) is 2.48. The lowest BCUT2D eigenvalue weighted by Gasteiger charge is -2.03. The Labute approximate surface area is 70.2 Å². The smallest absolute Gasteiger partial charge is 0.146 e. The molecule has 0 saturated carbocycles. The van der Waals surface area contributed by atoms with Crippen molar-refractivity contribution in [3.63, 3.8) is 0 Å². The molecule has 0 aliphatic heterocycles. The quantitative estimate of drug-likeness (QED) is 0.693. The van der Waals surface area contributed by atoms with Gasteiger partial charge in [-0.15, -0.1) is 11.6 Å². The molecule has 11 heavy (non-hydrogen) atoms. The Morgan fingerprint density at radius 2 is 2.09 bits per heavy atom. The first-order chi connectivity index (χ1) is 5.34. The summed E-state index contributed by atoms with van der Waals surface area (Å²) in [6.07, 6.45) is 0. The van der Waals surface area contributed by atoms with Gasteiger partial charge in [-0.25, -0.2) is 4.39 Å². The van der Waals surface area contributed by atoms with E-state index in [0.717, 1.165) is 0 Å². The molecule has 0 unspecified atom stereocenters. The van der Waals surface area contributed by atoms with Crippen molar-refractivity contribution >= 4 is 17.3 Å². The third kappa shape index (κ3) is 2.39. The van der Waals surface area contributed by atoms with Crippen LogP contribution in [-0.4, -0.2) is 12.4 Å². The number of alkyl halides is 1. The minimum Gasteiger partial charge on any atom is -0.381 e. The maximum Gasteiger partial charge on any atom is 0.146 e. The molecule has 0 aromatic heterocycles. The topological polar surface area (TPSA) is 12.0 Å². The number of hydrogen-bond acceptors (Lipinski definition) is 1. The van der Waals surface area contributed by atoms with E-state index in [1.54, 1.807) is 18.2 Å². The third-order valence-corrected chi connectivity index (χ3v) is 1.47. The van der Waals surface area contributed by atoms with Gasteiger partial charge in [0.15, 0.2) is 0 Å². The minimum atomic E-state index is -0.238. The fourth-order valence-corrected chi connectivity index (χ4v) is 0.881. The summed E-state index contributed by atoms with van der Waals surface area (Å²) in [5.74, 6) is 0.242. The zero-order chi connectivity index (χ0) is 8.10. The maximum absolute atomic E-state index is 12.8. The lowest BCUT2D eigenvalue weighted by molar-refractivity contribution is 0.630. The average molecular weight is 174 g/mol. The average Bonchev–Trinajstić information content (AvgIpc) is 2.03. The van der Waals surface area contributed by atoms with Crippen molar-refractivity contribution in [2.75, 3.05) is 17.7 Å². The monoisotopic (exact) mass is 173 g/mol. The highest BCUT2D eigenvalue weighted by Gasteiger charge is 1.96. The molecule has 0 bridgehead atoms. The van der Waals surface area contributed by atoms with Gasteiger partial charge >= 0.3 is 0 Å². The van der Waals surface area contributed by atoms with E-state index in [4.69, 9.17) is 11.6 Å². The van der Waals surface area contributed by atoms with Gasteiger partial charge < -0.3 is 5.32 Å².